The third kappa shape index (κ3) is 2.41. The average Bonchev–Trinajstić information content (AvgIpc) is 2.71. The molecule has 0 aromatic rings. The first-order valence-electron chi connectivity index (χ1n) is 6.35. The van der Waals surface area contributed by atoms with Gasteiger partial charge in [0.15, 0.2) is 0 Å². The van der Waals surface area contributed by atoms with Crippen LogP contribution in [0.4, 0.5) is 0 Å². The molecule has 2 rings (SSSR count). The minimum Gasteiger partial charge on any atom is -0.330 e. The molecule has 0 bridgehead atoms. The number of nitrogens with two attached hydrogens (primary N) is 1. The second kappa shape index (κ2) is 5.02. The van der Waals surface area contributed by atoms with Crippen molar-refractivity contribution in [3.8, 4) is 0 Å². The topological polar surface area (TPSA) is 63.4 Å². The predicted molar refractivity (Wildman–Crippen MR) is 64.5 cm³/mol. The molecule has 1 aliphatic carbocycles. The Labute approximate surface area is 98.2 Å². The first kappa shape index (κ1) is 12.3. The zero-order chi connectivity index (χ0) is 11.6. The van der Waals surface area contributed by atoms with Crippen molar-refractivity contribution in [2.45, 2.75) is 44.6 Å². The van der Waals surface area contributed by atoms with Crippen LogP contribution in [0.3, 0.4) is 0 Å². The summed E-state index contributed by atoms with van der Waals surface area (Å²) in [6.45, 7) is 1.20. The summed E-state index contributed by atoms with van der Waals surface area (Å²) in [7, 11) is -3.04. The van der Waals surface area contributed by atoms with E-state index in [-0.39, 0.29) is 5.75 Å². The number of hydrogen-bond acceptors (Lipinski definition) is 3. The molecule has 2 N–H and O–H groups in total. The van der Waals surface area contributed by atoms with Crippen LogP contribution in [0.5, 0.6) is 0 Å². The fourth-order valence-electron chi connectivity index (χ4n) is 3.09. The number of fused-ring (bicyclic) bond motifs is 1. The van der Waals surface area contributed by atoms with Crippen molar-refractivity contribution < 1.29 is 8.42 Å². The highest BCUT2D eigenvalue weighted by atomic mass is 32.2. The zero-order valence-electron chi connectivity index (χ0n) is 9.77. The molecule has 1 saturated carbocycles. The van der Waals surface area contributed by atoms with Crippen molar-refractivity contribution in [2.24, 2.45) is 11.7 Å². The maximum atomic E-state index is 12.1. The van der Waals surface area contributed by atoms with Crippen molar-refractivity contribution in [3.63, 3.8) is 0 Å². The molecule has 16 heavy (non-hydrogen) atoms. The zero-order valence-corrected chi connectivity index (χ0v) is 10.6. The molecule has 2 unspecified atom stereocenters. The number of rotatable bonds is 4. The molecule has 0 aromatic carbocycles. The molecule has 0 aromatic heterocycles. The molecule has 0 spiro atoms. The van der Waals surface area contributed by atoms with Gasteiger partial charge in [-0.3, -0.25) is 0 Å². The molecule has 5 heteroatoms. The molecular weight excluding hydrogens is 224 g/mol. The van der Waals surface area contributed by atoms with Crippen molar-refractivity contribution in [3.05, 3.63) is 0 Å². The highest BCUT2D eigenvalue weighted by Crippen LogP contribution is 2.37. The molecule has 1 saturated heterocycles. The summed E-state index contributed by atoms with van der Waals surface area (Å²) in [5.74, 6) is 0.855. The van der Waals surface area contributed by atoms with Gasteiger partial charge in [-0.15, -0.1) is 0 Å². The van der Waals surface area contributed by atoms with Gasteiger partial charge in [-0.25, -0.2) is 8.42 Å². The number of sulfonamides is 1. The van der Waals surface area contributed by atoms with E-state index in [0.717, 1.165) is 19.4 Å². The Bertz CT molecular complexity index is 329. The maximum absolute atomic E-state index is 12.1. The van der Waals surface area contributed by atoms with E-state index < -0.39 is 10.0 Å². The quantitative estimate of drug-likeness (QED) is 0.802. The summed E-state index contributed by atoms with van der Waals surface area (Å²) in [5, 5.41) is 0. The Morgan fingerprint density at radius 1 is 1.19 bits per heavy atom. The van der Waals surface area contributed by atoms with Crippen LogP contribution in [0.15, 0.2) is 0 Å². The van der Waals surface area contributed by atoms with E-state index in [9.17, 15) is 8.42 Å². The van der Waals surface area contributed by atoms with E-state index in [4.69, 9.17) is 5.73 Å². The lowest BCUT2D eigenvalue weighted by molar-refractivity contribution is 0.260. The summed E-state index contributed by atoms with van der Waals surface area (Å²) in [4.78, 5) is 0. The predicted octanol–water partition coefficient (Wildman–Crippen LogP) is 0.929. The minimum atomic E-state index is -3.04. The molecule has 94 valence electrons. The first-order valence-corrected chi connectivity index (χ1v) is 7.95. The molecule has 2 aliphatic rings. The van der Waals surface area contributed by atoms with Crippen LogP contribution < -0.4 is 5.73 Å². The standard InChI is InChI=1S/C11H22N2O2S/c12-7-3-9-16(14,15)13-8-6-10-4-1-2-5-11(10)13/h10-11H,1-9,12H2. The van der Waals surface area contributed by atoms with E-state index in [1.54, 1.807) is 4.31 Å². The van der Waals surface area contributed by atoms with Crippen molar-refractivity contribution >= 4 is 10.0 Å². The van der Waals surface area contributed by atoms with Crippen LogP contribution in [0.2, 0.25) is 0 Å². The monoisotopic (exact) mass is 246 g/mol. The lowest BCUT2D eigenvalue weighted by Crippen LogP contribution is -2.40. The van der Waals surface area contributed by atoms with Gasteiger partial charge < -0.3 is 5.73 Å². The van der Waals surface area contributed by atoms with Gasteiger partial charge >= 0.3 is 0 Å². The molecule has 2 fully saturated rings. The fraction of sp³-hybridized carbons (Fsp3) is 1.00. The highest BCUT2D eigenvalue weighted by molar-refractivity contribution is 7.89. The van der Waals surface area contributed by atoms with Crippen molar-refractivity contribution in [1.29, 1.82) is 0 Å². The fourth-order valence-corrected chi connectivity index (χ4v) is 4.93. The van der Waals surface area contributed by atoms with Gasteiger partial charge in [0, 0.05) is 12.6 Å². The van der Waals surface area contributed by atoms with Gasteiger partial charge in [-0.1, -0.05) is 12.8 Å². The normalized spacial score (nSPS) is 31.6. The van der Waals surface area contributed by atoms with E-state index in [1.165, 1.54) is 19.3 Å². The summed E-state index contributed by atoms with van der Waals surface area (Å²) < 4.78 is 26.0. The van der Waals surface area contributed by atoms with E-state index in [0.29, 0.717) is 24.9 Å². The molecule has 2 atom stereocenters. The number of nitrogens with zero attached hydrogens (tertiary/aromatic N) is 1. The second-order valence-electron chi connectivity index (χ2n) is 4.97. The van der Waals surface area contributed by atoms with Crippen molar-refractivity contribution in [2.75, 3.05) is 18.8 Å². The van der Waals surface area contributed by atoms with E-state index in [1.807, 2.05) is 0 Å². The van der Waals surface area contributed by atoms with E-state index in [2.05, 4.69) is 0 Å². The summed E-state index contributed by atoms with van der Waals surface area (Å²) >= 11 is 0. The van der Waals surface area contributed by atoms with E-state index >= 15 is 0 Å². The summed E-state index contributed by atoms with van der Waals surface area (Å²) in [6.07, 6.45) is 6.38. The molecular formula is C11H22N2O2S. The Hall–Kier alpha value is -0.130. The van der Waals surface area contributed by atoms with Gasteiger partial charge in [0.1, 0.15) is 0 Å². The lowest BCUT2D eigenvalue weighted by atomic mass is 9.86. The smallest absolute Gasteiger partial charge is 0.214 e. The largest absolute Gasteiger partial charge is 0.330 e. The van der Waals surface area contributed by atoms with Crippen LogP contribution in [-0.2, 0) is 10.0 Å². The number of hydrogen-bond donors (Lipinski definition) is 1. The maximum Gasteiger partial charge on any atom is 0.214 e. The van der Waals surface area contributed by atoms with Gasteiger partial charge in [-0.05, 0) is 38.1 Å². The minimum absolute atomic E-state index is 0.229. The summed E-state index contributed by atoms with van der Waals surface area (Å²) in [5.41, 5.74) is 5.38. The third-order valence-corrected chi connectivity index (χ3v) is 5.90. The van der Waals surface area contributed by atoms with Gasteiger partial charge in [0.25, 0.3) is 0 Å². The van der Waals surface area contributed by atoms with Gasteiger partial charge in [0.2, 0.25) is 10.0 Å². The molecule has 1 heterocycles. The van der Waals surface area contributed by atoms with Crippen LogP contribution in [0.1, 0.15) is 38.5 Å². The third-order valence-electron chi connectivity index (χ3n) is 3.92. The lowest BCUT2D eigenvalue weighted by Gasteiger charge is -2.31. The molecule has 4 nitrogen and oxygen atoms in total. The Morgan fingerprint density at radius 2 is 1.94 bits per heavy atom. The molecule has 1 aliphatic heterocycles. The summed E-state index contributed by atoms with van der Waals surface area (Å²) in [6, 6.07) is 0.302. The van der Waals surface area contributed by atoms with Crippen LogP contribution in [0, 0.1) is 5.92 Å². The SMILES string of the molecule is NCCCS(=O)(=O)N1CCC2CCCCC21. The van der Waals surface area contributed by atoms with Crippen LogP contribution in [-0.4, -0.2) is 37.6 Å². The highest BCUT2D eigenvalue weighted by Gasteiger charge is 2.41. The van der Waals surface area contributed by atoms with Crippen molar-refractivity contribution in [1.82, 2.24) is 4.31 Å². The first-order chi connectivity index (χ1) is 7.65. The molecule has 0 radical (unpaired) electrons. The van der Waals surface area contributed by atoms with Gasteiger partial charge in [-0.2, -0.15) is 4.31 Å². The van der Waals surface area contributed by atoms with Crippen LogP contribution in [0.25, 0.3) is 0 Å². The Morgan fingerprint density at radius 3 is 2.69 bits per heavy atom. The van der Waals surface area contributed by atoms with Crippen LogP contribution >= 0.6 is 0 Å². The molecule has 0 amide bonds. The Kier molecular flexibility index (Phi) is 3.87. The second-order valence-corrected chi connectivity index (χ2v) is 7.01. The average molecular weight is 246 g/mol. The van der Waals surface area contributed by atoms with Gasteiger partial charge in [0.05, 0.1) is 5.75 Å². The Balaban J connectivity index is 2.04.